The Labute approximate surface area is 91.8 Å². The molecule has 0 heterocycles. The summed E-state index contributed by atoms with van der Waals surface area (Å²) in [6.07, 6.45) is 0.692. The number of rotatable bonds is 6. The van der Waals surface area contributed by atoms with Crippen molar-refractivity contribution in [2.45, 2.75) is 46.2 Å². The van der Waals surface area contributed by atoms with Gasteiger partial charge in [0.05, 0.1) is 12.1 Å². The minimum atomic E-state index is -0.353. The van der Waals surface area contributed by atoms with Crippen LogP contribution in [0.25, 0.3) is 0 Å². The first-order chi connectivity index (χ1) is 6.88. The van der Waals surface area contributed by atoms with Crippen LogP contribution in [-0.2, 0) is 9.59 Å². The predicted octanol–water partition coefficient (Wildman–Crippen LogP) is 0.714. The van der Waals surface area contributed by atoms with Crippen molar-refractivity contribution in [3.05, 3.63) is 0 Å². The Kier molecular flexibility index (Phi) is 6.17. The lowest BCUT2D eigenvalue weighted by atomic mass is 10.0. The molecule has 0 aliphatic carbocycles. The smallest absolute Gasteiger partial charge is 0.237 e. The topological polar surface area (TPSA) is 58.2 Å². The van der Waals surface area contributed by atoms with Gasteiger partial charge in [-0.25, -0.2) is 0 Å². The summed E-state index contributed by atoms with van der Waals surface area (Å²) in [7, 11) is 1.72. The molecule has 0 fully saturated rings. The van der Waals surface area contributed by atoms with Crippen LogP contribution in [0.4, 0.5) is 0 Å². The van der Waals surface area contributed by atoms with E-state index in [0.29, 0.717) is 12.3 Å². The zero-order valence-corrected chi connectivity index (χ0v) is 10.3. The van der Waals surface area contributed by atoms with Crippen molar-refractivity contribution in [1.82, 2.24) is 10.6 Å². The van der Waals surface area contributed by atoms with Gasteiger partial charge in [0.2, 0.25) is 5.91 Å². The van der Waals surface area contributed by atoms with Crippen LogP contribution in [0.2, 0.25) is 0 Å². The highest BCUT2D eigenvalue weighted by Crippen LogP contribution is 2.05. The molecule has 1 amide bonds. The molecule has 2 unspecified atom stereocenters. The van der Waals surface area contributed by atoms with E-state index in [4.69, 9.17) is 0 Å². The van der Waals surface area contributed by atoms with E-state index in [1.54, 1.807) is 14.0 Å². The molecule has 0 aliphatic heterocycles. The molecule has 2 N–H and O–H groups in total. The standard InChI is InChI=1S/C11H22N2O2/c1-7(2)6-10(9(4)14)13-11(15)8(3)12-5/h7-8,10,12H,6H2,1-5H3,(H,13,15). The van der Waals surface area contributed by atoms with Crippen LogP contribution in [-0.4, -0.2) is 30.8 Å². The Morgan fingerprint density at radius 1 is 1.20 bits per heavy atom. The zero-order chi connectivity index (χ0) is 12.0. The molecule has 0 aromatic heterocycles. The molecular weight excluding hydrogens is 192 g/mol. The predicted molar refractivity (Wildman–Crippen MR) is 60.6 cm³/mol. The third kappa shape index (κ3) is 5.52. The van der Waals surface area contributed by atoms with Gasteiger partial charge in [-0.3, -0.25) is 9.59 Å². The highest BCUT2D eigenvalue weighted by atomic mass is 16.2. The molecule has 0 aromatic carbocycles. The Bertz CT molecular complexity index is 227. The van der Waals surface area contributed by atoms with E-state index in [2.05, 4.69) is 10.6 Å². The number of carbonyl (C=O) groups is 2. The Balaban J connectivity index is 4.29. The average molecular weight is 214 g/mol. The molecule has 0 saturated carbocycles. The van der Waals surface area contributed by atoms with Gasteiger partial charge < -0.3 is 10.6 Å². The lowest BCUT2D eigenvalue weighted by Crippen LogP contribution is -2.48. The second-order valence-electron chi connectivity index (χ2n) is 4.31. The molecule has 0 aliphatic rings. The second kappa shape index (κ2) is 6.56. The van der Waals surface area contributed by atoms with E-state index in [9.17, 15) is 9.59 Å². The molecule has 0 radical (unpaired) electrons. The van der Waals surface area contributed by atoms with Crippen molar-refractivity contribution >= 4 is 11.7 Å². The first-order valence-electron chi connectivity index (χ1n) is 5.36. The highest BCUT2D eigenvalue weighted by molar-refractivity contribution is 5.89. The van der Waals surface area contributed by atoms with E-state index in [-0.39, 0.29) is 23.8 Å². The van der Waals surface area contributed by atoms with Gasteiger partial charge in [0, 0.05) is 0 Å². The Morgan fingerprint density at radius 2 is 1.73 bits per heavy atom. The molecule has 15 heavy (non-hydrogen) atoms. The van der Waals surface area contributed by atoms with Crippen molar-refractivity contribution < 1.29 is 9.59 Å². The van der Waals surface area contributed by atoms with E-state index in [1.807, 2.05) is 13.8 Å². The van der Waals surface area contributed by atoms with Gasteiger partial charge in [0.25, 0.3) is 0 Å². The largest absolute Gasteiger partial charge is 0.345 e. The minimum absolute atomic E-state index is 0.0142. The lowest BCUT2D eigenvalue weighted by molar-refractivity contribution is -0.128. The van der Waals surface area contributed by atoms with Gasteiger partial charge in [-0.15, -0.1) is 0 Å². The van der Waals surface area contributed by atoms with Gasteiger partial charge in [-0.2, -0.15) is 0 Å². The lowest BCUT2D eigenvalue weighted by Gasteiger charge is -2.20. The summed E-state index contributed by atoms with van der Waals surface area (Å²) in [4.78, 5) is 22.8. The first-order valence-corrected chi connectivity index (χ1v) is 5.36. The summed E-state index contributed by atoms with van der Waals surface area (Å²) in [5.74, 6) is 0.280. The maximum atomic E-state index is 11.5. The summed E-state index contributed by atoms with van der Waals surface area (Å²) in [6.45, 7) is 7.34. The molecule has 0 bridgehead atoms. The Hall–Kier alpha value is -0.900. The third-order valence-electron chi connectivity index (χ3n) is 2.34. The van der Waals surface area contributed by atoms with Gasteiger partial charge in [0.15, 0.2) is 5.78 Å². The second-order valence-corrected chi connectivity index (χ2v) is 4.31. The average Bonchev–Trinajstić information content (AvgIpc) is 2.14. The normalized spacial score (nSPS) is 14.8. The molecule has 2 atom stereocenters. The molecule has 4 heteroatoms. The van der Waals surface area contributed by atoms with E-state index >= 15 is 0 Å². The van der Waals surface area contributed by atoms with Crippen LogP contribution in [0.15, 0.2) is 0 Å². The number of Topliss-reactive ketones (excluding diaryl/α,β-unsaturated/α-hetero) is 1. The van der Waals surface area contributed by atoms with Crippen molar-refractivity contribution in [3.63, 3.8) is 0 Å². The van der Waals surface area contributed by atoms with Crippen molar-refractivity contribution in [1.29, 1.82) is 0 Å². The molecule has 0 spiro atoms. The zero-order valence-electron chi connectivity index (χ0n) is 10.3. The third-order valence-corrected chi connectivity index (χ3v) is 2.34. The van der Waals surface area contributed by atoms with Crippen LogP contribution < -0.4 is 10.6 Å². The number of amides is 1. The van der Waals surface area contributed by atoms with E-state index < -0.39 is 0 Å². The van der Waals surface area contributed by atoms with Crippen molar-refractivity contribution in [3.8, 4) is 0 Å². The van der Waals surface area contributed by atoms with Crippen LogP contribution in [0.1, 0.15) is 34.1 Å². The fourth-order valence-corrected chi connectivity index (χ4v) is 1.23. The molecule has 0 rings (SSSR count). The molecular formula is C11H22N2O2. The maximum absolute atomic E-state index is 11.5. The number of hydrogen-bond acceptors (Lipinski definition) is 3. The van der Waals surface area contributed by atoms with E-state index in [0.717, 1.165) is 0 Å². The quantitative estimate of drug-likeness (QED) is 0.685. The van der Waals surface area contributed by atoms with Crippen LogP contribution in [0, 0.1) is 5.92 Å². The number of carbonyl (C=O) groups excluding carboxylic acids is 2. The fraction of sp³-hybridized carbons (Fsp3) is 0.818. The van der Waals surface area contributed by atoms with Gasteiger partial charge in [-0.1, -0.05) is 13.8 Å². The van der Waals surface area contributed by atoms with Gasteiger partial charge >= 0.3 is 0 Å². The van der Waals surface area contributed by atoms with E-state index in [1.165, 1.54) is 6.92 Å². The molecule has 0 saturated heterocycles. The summed E-state index contributed by atoms with van der Waals surface area (Å²) in [5.41, 5.74) is 0. The number of hydrogen-bond donors (Lipinski definition) is 2. The van der Waals surface area contributed by atoms with Gasteiger partial charge in [-0.05, 0) is 33.2 Å². The summed E-state index contributed by atoms with van der Waals surface area (Å²) in [6, 6.07) is -0.618. The molecule has 4 nitrogen and oxygen atoms in total. The molecule has 88 valence electrons. The van der Waals surface area contributed by atoms with Gasteiger partial charge in [0.1, 0.15) is 0 Å². The summed E-state index contributed by atoms with van der Waals surface area (Å²) >= 11 is 0. The molecule has 0 aromatic rings. The summed E-state index contributed by atoms with van der Waals surface area (Å²) < 4.78 is 0. The van der Waals surface area contributed by atoms with Crippen LogP contribution in [0.3, 0.4) is 0 Å². The highest BCUT2D eigenvalue weighted by Gasteiger charge is 2.20. The van der Waals surface area contributed by atoms with Crippen LogP contribution >= 0.6 is 0 Å². The summed E-state index contributed by atoms with van der Waals surface area (Å²) in [5, 5.41) is 5.59. The fourth-order valence-electron chi connectivity index (χ4n) is 1.23. The number of nitrogens with one attached hydrogen (secondary N) is 2. The number of ketones is 1. The number of likely N-dealkylation sites (N-methyl/N-ethyl adjacent to an activating group) is 1. The SMILES string of the molecule is CNC(C)C(=O)NC(CC(C)C)C(C)=O. The Morgan fingerprint density at radius 3 is 2.07 bits per heavy atom. The maximum Gasteiger partial charge on any atom is 0.237 e. The van der Waals surface area contributed by atoms with Crippen molar-refractivity contribution in [2.75, 3.05) is 7.05 Å². The van der Waals surface area contributed by atoms with Crippen molar-refractivity contribution in [2.24, 2.45) is 5.92 Å². The van der Waals surface area contributed by atoms with Crippen LogP contribution in [0.5, 0.6) is 0 Å². The first kappa shape index (κ1) is 14.1. The minimum Gasteiger partial charge on any atom is -0.345 e. The monoisotopic (exact) mass is 214 g/mol.